The van der Waals surface area contributed by atoms with Gasteiger partial charge in [-0.3, -0.25) is 0 Å². The summed E-state index contributed by atoms with van der Waals surface area (Å²) >= 11 is 1.95. The zero-order valence-corrected chi connectivity index (χ0v) is 8.07. The Morgan fingerprint density at radius 2 is 2.27 bits per heavy atom. The molecule has 0 amide bonds. The van der Waals surface area contributed by atoms with Gasteiger partial charge in [0.15, 0.2) is 0 Å². The van der Waals surface area contributed by atoms with Crippen LogP contribution in [0.3, 0.4) is 0 Å². The van der Waals surface area contributed by atoms with Crippen molar-refractivity contribution in [2.75, 3.05) is 12.4 Å². The Hall–Kier alpha value is 0.310. The third kappa shape index (κ3) is 3.48. The number of hydrogen-bond donors (Lipinski definition) is 1. The van der Waals surface area contributed by atoms with E-state index >= 15 is 0 Å². The topological polar surface area (TPSA) is 20.2 Å². The summed E-state index contributed by atoms with van der Waals surface area (Å²) in [7, 11) is 0. The lowest BCUT2D eigenvalue weighted by molar-refractivity contribution is 0.321. The van der Waals surface area contributed by atoms with Gasteiger partial charge in [0.05, 0.1) is 6.61 Å². The standard InChI is InChI=1S/C9H18OS/c1-8-3-2-4-9(7-8)11-6-5-10/h8-10H,2-7H2,1H3. The second-order valence-corrected chi connectivity index (χ2v) is 4.90. The fraction of sp³-hybridized carbons (Fsp3) is 1.00. The molecule has 2 heteroatoms. The molecule has 1 saturated carbocycles. The Bertz CT molecular complexity index is 106. The molecule has 2 atom stereocenters. The highest BCUT2D eigenvalue weighted by molar-refractivity contribution is 7.99. The lowest BCUT2D eigenvalue weighted by Gasteiger charge is -2.25. The minimum Gasteiger partial charge on any atom is -0.396 e. The summed E-state index contributed by atoms with van der Waals surface area (Å²) in [5, 5.41) is 9.48. The second kappa shape index (κ2) is 5.04. The van der Waals surface area contributed by atoms with Crippen LogP contribution in [0, 0.1) is 5.92 Å². The van der Waals surface area contributed by atoms with Crippen molar-refractivity contribution in [3.05, 3.63) is 0 Å². The van der Waals surface area contributed by atoms with Crippen LogP contribution in [0.1, 0.15) is 32.6 Å². The van der Waals surface area contributed by atoms with Gasteiger partial charge in [-0.2, -0.15) is 11.8 Å². The maximum atomic E-state index is 8.64. The van der Waals surface area contributed by atoms with Gasteiger partial charge in [-0.1, -0.05) is 19.8 Å². The van der Waals surface area contributed by atoms with Crippen molar-refractivity contribution in [2.45, 2.75) is 37.9 Å². The van der Waals surface area contributed by atoms with Crippen LogP contribution < -0.4 is 0 Å². The summed E-state index contributed by atoms with van der Waals surface area (Å²) in [5.41, 5.74) is 0. The molecule has 0 spiro atoms. The zero-order valence-electron chi connectivity index (χ0n) is 7.25. The van der Waals surface area contributed by atoms with E-state index < -0.39 is 0 Å². The van der Waals surface area contributed by atoms with Crippen LogP contribution in [0.4, 0.5) is 0 Å². The predicted octanol–water partition coefficient (Wildman–Crippen LogP) is 2.29. The molecule has 66 valence electrons. The monoisotopic (exact) mass is 174 g/mol. The first-order chi connectivity index (χ1) is 5.33. The van der Waals surface area contributed by atoms with E-state index in [1.54, 1.807) is 0 Å². The summed E-state index contributed by atoms with van der Waals surface area (Å²) in [5.74, 6) is 1.84. The lowest BCUT2D eigenvalue weighted by Crippen LogP contribution is -2.15. The molecule has 0 aliphatic heterocycles. The van der Waals surface area contributed by atoms with Gasteiger partial charge >= 0.3 is 0 Å². The van der Waals surface area contributed by atoms with Crippen molar-refractivity contribution in [1.29, 1.82) is 0 Å². The van der Waals surface area contributed by atoms with Crippen molar-refractivity contribution in [3.63, 3.8) is 0 Å². The third-order valence-electron chi connectivity index (χ3n) is 2.33. The quantitative estimate of drug-likeness (QED) is 0.708. The average molecular weight is 174 g/mol. The highest BCUT2D eigenvalue weighted by Crippen LogP contribution is 2.31. The highest BCUT2D eigenvalue weighted by Gasteiger charge is 2.18. The number of hydrogen-bond acceptors (Lipinski definition) is 2. The first-order valence-corrected chi connectivity index (χ1v) is 5.60. The molecule has 1 N–H and O–H groups in total. The summed E-state index contributed by atoms with van der Waals surface area (Å²) in [4.78, 5) is 0. The van der Waals surface area contributed by atoms with E-state index in [9.17, 15) is 0 Å². The van der Waals surface area contributed by atoms with E-state index in [2.05, 4.69) is 6.92 Å². The van der Waals surface area contributed by atoms with Gasteiger partial charge in [-0.15, -0.1) is 0 Å². The molecule has 0 aromatic heterocycles. The fourth-order valence-corrected chi connectivity index (χ4v) is 2.99. The molecule has 0 bridgehead atoms. The minimum absolute atomic E-state index is 0.343. The summed E-state index contributed by atoms with van der Waals surface area (Å²) in [6.07, 6.45) is 5.54. The number of aliphatic hydroxyl groups is 1. The maximum Gasteiger partial charge on any atom is 0.0521 e. The molecule has 0 saturated heterocycles. The van der Waals surface area contributed by atoms with Gasteiger partial charge < -0.3 is 5.11 Å². The van der Waals surface area contributed by atoms with Gasteiger partial charge in [-0.05, 0) is 18.8 Å². The Kier molecular flexibility index (Phi) is 4.31. The normalized spacial score (nSPS) is 32.2. The summed E-state index contributed by atoms with van der Waals surface area (Å²) in [6.45, 7) is 2.68. The molecule has 11 heavy (non-hydrogen) atoms. The van der Waals surface area contributed by atoms with E-state index in [4.69, 9.17) is 5.11 Å². The molecule has 0 heterocycles. The fourth-order valence-electron chi connectivity index (χ4n) is 1.75. The minimum atomic E-state index is 0.343. The number of thioether (sulfide) groups is 1. The number of aliphatic hydroxyl groups excluding tert-OH is 1. The van der Waals surface area contributed by atoms with Crippen LogP contribution in [0.5, 0.6) is 0 Å². The molecule has 0 aromatic carbocycles. The molecule has 0 aromatic rings. The molecule has 2 unspecified atom stereocenters. The van der Waals surface area contributed by atoms with Gasteiger partial charge in [0.1, 0.15) is 0 Å². The van der Waals surface area contributed by atoms with Gasteiger partial charge in [0, 0.05) is 11.0 Å². The molecule has 1 rings (SSSR count). The third-order valence-corrected chi connectivity index (χ3v) is 3.65. The van der Waals surface area contributed by atoms with E-state index in [1.165, 1.54) is 25.7 Å². The van der Waals surface area contributed by atoms with Crippen LogP contribution in [-0.4, -0.2) is 22.7 Å². The van der Waals surface area contributed by atoms with Crippen LogP contribution in [0.25, 0.3) is 0 Å². The van der Waals surface area contributed by atoms with E-state index in [0.717, 1.165) is 16.9 Å². The van der Waals surface area contributed by atoms with Crippen molar-refractivity contribution in [2.24, 2.45) is 5.92 Å². The lowest BCUT2D eigenvalue weighted by atomic mass is 9.91. The molecule has 1 nitrogen and oxygen atoms in total. The van der Waals surface area contributed by atoms with E-state index in [0.29, 0.717) is 6.61 Å². The number of rotatable bonds is 3. The van der Waals surface area contributed by atoms with Crippen LogP contribution in [0.2, 0.25) is 0 Å². The van der Waals surface area contributed by atoms with E-state index in [1.807, 2.05) is 11.8 Å². The van der Waals surface area contributed by atoms with E-state index in [-0.39, 0.29) is 0 Å². The van der Waals surface area contributed by atoms with Crippen LogP contribution >= 0.6 is 11.8 Å². The zero-order chi connectivity index (χ0) is 8.10. The Morgan fingerprint density at radius 1 is 1.45 bits per heavy atom. The van der Waals surface area contributed by atoms with Crippen molar-refractivity contribution < 1.29 is 5.11 Å². The smallest absolute Gasteiger partial charge is 0.0521 e. The maximum absolute atomic E-state index is 8.64. The molecule has 1 aliphatic carbocycles. The highest BCUT2D eigenvalue weighted by atomic mass is 32.2. The summed E-state index contributed by atoms with van der Waals surface area (Å²) in [6, 6.07) is 0. The van der Waals surface area contributed by atoms with Crippen molar-refractivity contribution in [1.82, 2.24) is 0 Å². The molecule has 1 fully saturated rings. The van der Waals surface area contributed by atoms with Gasteiger partial charge in [0.25, 0.3) is 0 Å². The Morgan fingerprint density at radius 3 is 2.91 bits per heavy atom. The first-order valence-electron chi connectivity index (χ1n) is 4.55. The Labute approximate surface area is 73.6 Å². The summed E-state index contributed by atoms with van der Waals surface area (Å²) < 4.78 is 0. The molecule has 0 radical (unpaired) electrons. The second-order valence-electron chi connectivity index (χ2n) is 3.49. The molecule has 1 aliphatic rings. The first kappa shape index (κ1) is 9.40. The SMILES string of the molecule is CC1CCCC(SCCO)C1. The Balaban J connectivity index is 2.12. The van der Waals surface area contributed by atoms with Crippen LogP contribution in [0.15, 0.2) is 0 Å². The van der Waals surface area contributed by atoms with Gasteiger partial charge in [0.2, 0.25) is 0 Å². The predicted molar refractivity (Wildman–Crippen MR) is 51.0 cm³/mol. The van der Waals surface area contributed by atoms with Crippen LogP contribution in [-0.2, 0) is 0 Å². The largest absolute Gasteiger partial charge is 0.396 e. The van der Waals surface area contributed by atoms with Gasteiger partial charge in [-0.25, -0.2) is 0 Å². The molecular weight excluding hydrogens is 156 g/mol. The van der Waals surface area contributed by atoms with Crippen molar-refractivity contribution >= 4 is 11.8 Å². The average Bonchev–Trinajstić information content (AvgIpc) is 2.01. The van der Waals surface area contributed by atoms with Crippen molar-refractivity contribution in [3.8, 4) is 0 Å². The molecular formula is C9H18OS.